The van der Waals surface area contributed by atoms with E-state index in [0.717, 1.165) is 0 Å². The summed E-state index contributed by atoms with van der Waals surface area (Å²) in [5, 5.41) is 10.0. The van der Waals surface area contributed by atoms with Gasteiger partial charge >= 0.3 is 7.12 Å². The molecule has 3 aromatic carbocycles. The first-order valence-electron chi connectivity index (χ1n) is 7.51. The van der Waals surface area contributed by atoms with Crippen LogP contribution in [0.4, 0.5) is 26.3 Å². The van der Waals surface area contributed by atoms with Crippen LogP contribution in [0.25, 0.3) is 11.1 Å². The normalized spacial score (nSPS) is 10.8. The summed E-state index contributed by atoms with van der Waals surface area (Å²) in [6, 6.07) is 7.09. The van der Waals surface area contributed by atoms with Crippen molar-refractivity contribution in [2.75, 3.05) is 0 Å². The maximum Gasteiger partial charge on any atom is 0.563 e. The van der Waals surface area contributed by atoms with Gasteiger partial charge in [0.05, 0.1) is 0 Å². The predicted molar refractivity (Wildman–Crippen MR) is 86.3 cm³/mol. The zero-order valence-electron chi connectivity index (χ0n) is 13.3. The fourth-order valence-electron chi connectivity index (χ4n) is 2.48. The Balaban J connectivity index is 2.03. The lowest BCUT2D eigenvalue weighted by Gasteiger charge is -2.15. The highest BCUT2D eigenvalue weighted by atomic mass is 19.2. The summed E-state index contributed by atoms with van der Waals surface area (Å²) >= 11 is 0. The molecule has 0 bridgehead atoms. The average molecular weight is 382 g/mol. The minimum absolute atomic E-state index is 0.162. The molecular weight excluding hydrogens is 373 g/mol. The smallest absolute Gasteiger partial charge is 0.532 e. The van der Waals surface area contributed by atoms with E-state index in [1.807, 2.05) is 0 Å². The van der Waals surface area contributed by atoms with Gasteiger partial charge < -0.3 is 9.68 Å². The highest BCUT2D eigenvalue weighted by Gasteiger charge is 2.28. The second-order valence-corrected chi connectivity index (χ2v) is 5.51. The topological polar surface area (TPSA) is 29.5 Å². The highest BCUT2D eigenvalue weighted by molar-refractivity contribution is 6.60. The third-order valence-corrected chi connectivity index (χ3v) is 3.70. The molecule has 3 aromatic rings. The maximum atomic E-state index is 14.1. The molecule has 0 atom stereocenters. The first kappa shape index (κ1) is 18.8. The monoisotopic (exact) mass is 382 g/mol. The molecule has 0 aliphatic carbocycles. The number of benzene rings is 3. The molecule has 0 unspecified atom stereocenters. The molecule has 0 aliphatic heterocycles. The second-order valence-electron chi connectivity index (χ2n) is 5.51. The van der Waals surface area contributed by atoms with E-state index in [9.17, 15) is 31.4 Å². The van der Waals surface area contributed by atoms with Crippen molar-refractivity contribution in [3.05, 3.63) is 83.4 Å². The van der Waals surface area contributed by atoms with Crippen molar-refractivity contribution in [1.82, 2.24) is 0 Å². The lowest BCUT2D eigenvalue weighted by atomic mass is 9.78. The summed E-state index contributed by atoms with van der Waals surface area (Å²) in [4.78, 5) is 0. The third-order valence-electron chi connectivity index (χ3n) is 3.70. The molecule has 0 aliphatic rings. The number of halogens is 6. The van der Waals surface area contributed by atoms with E-state index in [0.29, 0.717) is 18.2 Å². The van der Waals surface area contributed by atoms with Crippen LogP contribution in [-0.4, -0.2) is 12.1 Å². The minimum atomic E-state index is -2.17. The lowest BCUT2D eigenvalue weighted by molar-refractivity contribution is 0.425. The molecule has 0 fully saturated rings. The van der Waals surface area contributed by atoms with E-state index in [1.54, 1.807) is 0 Å². The van der Waals surface area contributed by atoms with Crippen LogP contribution >= 0.6 is 0 Å². The van der Waals surface area contributed by atoms with E-state index < -0.39 is 53.0 Å². The van der Waals surface area contributed by atoms with Gasteiger partial charge in [0.2, 0.25) is 0 Å². The quantitative estimate of drug-likeness (QED) is 0.421. The van der Waals surface area contributed by atoms with E-state index in [4.69, 9.17) is 4.65 Å². The number of hydrogen-bond acceptors (Lipinski definition) is 2. The molecule has 27 heavy (non-hydrogen) atoms. The molecule has 3 rings (SSSR count). The van der Waals surface area contributed by atoms with Gasteiger partial charge in [-0.05, 0) is 18.2 Å². The fourth-order valence-corrected chi connectivity index (χ4v) is 2.48. The first-order chi connectivity index (χ1) is 12.8. The van der Waals surface area contributed by atoms with E-state index in [-0.39, 0.29) is 17.4 Å². The Morgan fingerprint density at radius 2 is 1.30 bits per heavy atom. The molecule has 1 N–H and O–H groups in total. The molecule has 0 aromatic heterocycles. The van der Waals surface area contributed by atoms with Crippen molar-refractivity contribution >= 4 is 12.6 Å². The number of rotatable bonds is 4. The van der Waals surface area contributed by atoms with Crippen molar-refractivity contribution in [2.24, 2.45) is 0 Å². The molecule has 0 radical (unpaired) electrons. The average Bonchev–Trinajstić information content (AvgIpc) is 2.61. The van der Waals surface area contributed by atoms with Crippen molar-refractivity contribution in [3.63, 3.8) is 0 Å². The summed E-state index contributed by atoms with van der Waals surface area (Å²) < 4.78 is 86.5. The van der Waals surface area contributed by atoms with Crippen molar-refractivity contribution in [2.45, 2.75) is 0 Å². The van der Waals surface area contributed by atoms with Crippen LogP contribution in [0.2, 0.25) is 0 Å². The van der Waals surface area contributed by atoms with Gasteiger partial charge in [0.15, 0.2) is 23.3 Å². The molecular formula is C18H9BF6O2. The van der Waals surface area contributed by atoms with Gasteiger partial charge in [-0.1, -0.05) is 18.2 Å². The summed E-state index contributed by atoms with van der Waals surface area (Å²) in [6.45, 7) is 0. The fraction of sp³-hybridized carbons (Fsp3) is 0. The predicted octanol–water partition coefficient (Wildman–Crippen LogP) is 3.95. The van der Waals surface area contributed by atoms with Crippen molar-refractivity contribution < 1.29 is 36.0 Å². The van der Waals surface area contributed by atoms with Crippen LogP contribution in [0, 0.1) is 34.9 Å². The van der Waals surface area contributed by atoms with Gasteiger partial charge in [0.1, 0.15) is 17.4 Å². The highest BCUT2D eigenvalue weighted by Crippen LogP contribution is 2.33. The summed E-state index contributed by atoms with van der Waals surface area (Å²) in [5.41, 5.74) is -1.51. The summed E-state index contributed by atoms with van der Waals surface area (Å²) in [5.74, 6) is -8.40. The van der Waals surface area contributed by atoms with Crippen molar-refractivity contribution in [1.29, 1.82) is 0 Å². The summed E-state index contributed by atoms with van der Waals surface area (Å²) in [7, 11) is -2.17. The Kier molecular flexibility index (Phi) is 5.14. The molecule has 0 saturated carbocycles. The van der Waals surface area contributed by atoms with E-state index in [2.05, 4.69) is 0 Å². The zero-order valence-corrected chi connectivity index (χ0v) is 13.3. The lowest BCUT2D eigenvalue weighted by Crippen LogP contribution is -2.40. The van der Waals surface area contributed by atoms with Crippen LogP contribution < -0.4 is 10.1 Å². The number of hydrogen-bond donors (Lipinski definition) is 1. The van der Waals surface area contributed by atoms with Gasteiger partial charge in [0.25, 0.3) is 0 Å². The van der Waals surface area contributed by atoms with E-state index >= 15 is 0 Å². The van der Waals surface area contributed by atoms with Crippen molar-refractivity contribution in [3.8, 4) is 16.9 Å². The van der Waals surface area contributed by atoms with Crippen LogP contribution in [-0.2, 0) is 0 Å². The zero-order chi connectivity index (χ0) is 19.7. The molecule has 0 spiro atoms. The van der Waals surface area contributed by atoms with Crippen LogP contribution in [0.5, 0.6) is 5.75 Å². The first-order valence-corrected chi connectivity index (χ1v) is 7.51. The largest absolute Gasteiger partial charge is 0.563 e. The SMILES string of the molecule is OB(Oc1ccccc1-c1cc(F)cc(F)c1F)c1cc(F)cc(F)c1F. The summed E-state index contributed by atoms with van der Waals surface area (Å²) in [6.07, 6.45) is 0. The maximum absolute atomic E-state index is 14.1. The third kappa shape index (κ3) is 3.78. The minimum Gasteiger partial charge on any atom is -0.532 e. The molecule has 9 heteroatoms. The second kappa shape index (κ2) is 7.36. The Morgan fingerprint density at radius 1 is 0.704 bits per heavy atom. The van der Waals surface area contributed by atoms with Gasteiger partial charge in [-0.25, -0.2) is 26.3 Å². The molecule has 0 amide bonds. The molecule has 0 heterocycles. The van der Waals surface area contributed by atoms with Gasteiger partial charge in [-0.15, -0.1) is 0 Å². The van der Waals surface area contributed by atoms with Gasteiger partial charge in [-0.3, -0.25) is 0 Å². The molecule has 0 saturated heterocycles. The van der Waals surface area contributed by atoms with Crippen LogP contribution in [0.15, 0.2) is 48.5 Å². The van der Waals surface area contributed by atoms with E-state index in [1.165, 1.54) is 24.3 Å². The molecule has 138 valence electrons. The Morgan fingerprint density at radius 3 is 2.00 bits per heavy atom. The van der Waals surface area contributed by atoms with Gasteiger partial charge in [-0.2, -0.15) is 0 Å². The Bertz CT molecular complexity index is 1010. The molecule has 2 nitrogen and oxygen atoms in total. The Hall–Kier alpha value is -2.94. The van der Waals surface area contributed by atoms with Crippen LogP contribution in [0.3, 0.4) is 0 Å². The standard InChI is InChI=1S/C18H9BF6O2/c20-9-5-12(17(24)14(22)7-9)11-3-1-2-4-16(11)27-19(26)13-6-10(21)8-15(23)18(13)25/h1-8,26H. The van der Waals surface area contributed by atoms with Crippen LogP contribution in [0.1, 0.15) is 0 Å². The van der Waals surface area contributed by atoms with Gasteiger partial charge in [0, 0.05) is 28.7 Å². The Labute approximate surface area is 149 Å². The number of para-hydroxylation sites is 1.